The molecule has 84 heavy (non-hydrogen) atoms. The summed E-state index contributed by atoms with van der Waals surface area (Å²) in [5.41, 5.74) is 0.997. The molecule has 0 radical (unpaired) electrons. The SMILES string of the molecule is C=C(C)C(=O)O.C=C(C)C(=O)OC1(C(C)C)CCCC1.C=C(C)C(=O)OC1(CC)C2CC3CC(C2)CC1C3.C=C(C)C(=O)OC1C2CC3C(=O)OC1C3C2.C=C(C)C(=O)OCC(=O)OC(C(F)(F)F)C(F)(F)F.C=C(C)C(=O)OCC(F)(F)F. The number of ether oxygens (including phenoxy) is 7. The smallest absolute Gasteiger partial charge is 0.434 e. The van der Waals surface area contributed by atoms with E-state index in [-0.39, 0.29) is 75.8 Å². The Morgan fingerprint density at radius 1 is 0.619 bits per heavy atom. The molecule has 16 nitrogen and oxygen atoms in total. The van der Waals surface area contributed by atoms with Gasteiger partial charge in [-0.2, -0.15) is 39.5 Å². The van der Waals surface area contributed by atoms with Crippen LogP contribution in [-0.4, -0.2) is 114 Å². The van der Waals surface area contributed by atoms with Gasteiger partial charge in [0.15, 0.2) is 13.2 Å². The highest BCUT2D eigenvalue weighted by Crippen LogP contribution is 2.61. The molecule has 7 aliphatic carbocycles. The topological polar surface area (TPSA) is 221 Å². The minimum atomic E-state index is -5.81. The van der Waals surface area contributed by atoms with E-state index in [0.29, 0.717) is 40.4 Å². The normalized spacial score (nSPS) is 25.9. The standard InChI is InChI=1S/C16H24O2.C12H14O4.C12H20O2.C9H8F6O4.C6H7F3O2.C4H6O2/c1-4-16(18-15(17)10(2)3)13-6-11-5-12(8-13)9-14(16)7-11;1-5(2)11(13)15-9-6-3-7-8(4-6)12(14)16-10(7)9;1-9(2)11(13)14-12(10(3)4)7-5-6-8-12;1-4(2)6(17)18-3-5(16)19-7(8(10,11)12)9(13,14)15;1-4(2)5(10)11-3-6(7,8)9;1-3(2)4(5)6/h11-14H,2,4-9H2,1,3H3;6-10H,1,3-4H2,2H3;10H,1,5-8H2,2-4H3;7H,1,3H2,2H3;1,3H2,2H3;1H2,2H3,(H,5,6). The summed E-state index contributed by atoms with van der Waals surface area (Å²) in [7, 11) is 0. The molecule has 8 aliphatic rings. The summed E-state index contributed by atoms with van der Waals surface area (Å²) in [4.78, 5) is 87.9. The Bertz CT molecular complexity index is 2430. The maximum atomic E-state index is 12.0. The molecule has 0 spiro atoms. The molecule has 0 aromatic rings. The fourth-order valence-corrected chi connectivity index (χ4v) is 11.4. The zero-order valence-corrected chi connectivity index (χ0v) is 49.0. The van der Waals surface area contributed by atoms with Crippen molar-refractivity contribution in [2.75, 3.05) is 13.2 Å². The zero-order chi connectivity index (χ0) is 64.8. The summed E-state index contributed by atoms with van der Waals surface area (Å²) < 4.78 is 139. The third-order valence-electron chi connectivity index (χ3n) is 15.4. The number of carbonyl (C=O) groups excluding carboxylic acids is 7. The largest absolute Gasteiger partial charge is 0.478 e. The van der Waals surface area contributed by atoms with Gasteiger partial charge >= 0.3 is 66.3 Å². The van der Waals surface area contributed by atoms with Gasteiger partial charge in [-0.1, -0.05) is 60.2 Å². The van der Waals surface area contributed by atoms with Gasteiger partial charge in [0, 0.05) is 45.3 Å². The van der Waals surface area contributed by atoms with Gasteiger partial charge in [-0.3, -0.25) is 4.79 Å². The molecule has 1 saturated heterocycles. The van der Waals surface area contributed by atoms with Crippen LogP contribution in [0.4, 0.5) is 39.5 Å². The van der Waals surface area contributed by atoms with E-state index in [4.69, 9.17) is 24.1 Å². The molecule has 5 atom stereocenters. The number of alkyl halides is 9. The second-order valence-corrected chi connectivity index (χ2v) is 22.8. The highest BCUT2D eigenvalue weighted by atomic mass is 19.4. The van der Waals surface area contributed by atoms with Crippen LogP contribution >= 0.6 is 0 Å². The summed E-state index contributed by atoms with van der Waals surface area (Å²) in [6.45, 7) is 32.7. The van der Waals surface area contributed by atoms with Crippen LogP contribution in [0.3, 0.4) is 0 Å². The van der Waals surface area contributed by atoms with Gasteiger partial charge in [0.2, 0.25) is 0 Å². The Kier molecular flexibility index (Phi) is 26.8. The molecule has 0 aromatic carbocycles. The average Bonchev–Trinajstić information content (AvgIpc) is 1.50. The molecule has 6 bridgehead atoms. The van der Waals surface area contributed by atoms with Crippen LogP contribution in [0.1, 0.15) is 139 Å². The number of carbonyl (C=O) groups is 8. The van der Waals surface area contributed by atoms with E-state index in [0.717, 1.165) is 43.9 Å². The first-order valence-electron chi connectivity index (χ1n) is 27.2. The summed E-state index contributed by atoms with van der Waals surface area (Å²) >= 11 is 0. The van der Waals surface area contributed by atoms with Crippen molar-refractivity contribution in [3.63, 3.8) is 0 Å². The van der Waals surface area contributed by atoms with Gasteiger partial charge in [0.1, 0.15) is 23.4 Å². The Morgan fingerprint density at radius 3 is 1.43 bits per heavy atom. The molecular formula is C59H79F9O16. The second-order valence-electron chi connectivity index (χ2n) is 22.8. The number of esters is 7. The second kappa shape index (κ2) is 30.6. The number of carboxylic acid groups (broad SMARTS) is 1. The van der Waals surface area contributed by atoms with Crippen molar-refractivity contribution in [3.05, 3.63) is 72.9 Å². The van der Waals surface area contributed by atoms with E-state index >= 15 is 0 Å². The fourth-order valence-electron chi connectivity index (χ4n) is 11.4. The van der Waals surface area contributed by atoms with E-state index in [9.17, 15) is 77.9 Å². The summed E-state index contributed by atoms with van der Waals surface area (Å²) in [5, 5.41) is 7.89. The first-order chi connectivity index (χ1) is 38.4. The van der Waals surface area contributed by atoms with E-state index in [1.54, 1.807) is 20.8 Å². The Balaban J connectivity index is 0.000000353. The lowest BCUT2D eigenvalue weighted by atomic mass is 9.49. The third-order valence-corrected chi connectivity index (χ3v) is 15.4. The molecule has 0 aromatic heterocycles. The number of halogens is 9. The highest BCUT2D eigenvalue weighted by Gasteiger charge is 2.64. The Morgan fingerprint density at radius 2 is 1.05 bits per heavy atom. The molecule has 7 saturated carbocycles. The minimum Gasteiger partial charge on any atom is -0.478 e. The molecular weight excluding hydrogens is 1140 g/mol. The number of rotatable bonds is 15. The molecule has 474 valence electrons. The quantitative estimate of drug-likeness (QED) is 0.0697. The molecule has 1 heterocycles. The van der Waals surface area contributed by atoms with Crippen molar-refractivity contribution >= 4 is 47.8 Å². The number of carboxylic acids is 1. The van der Waals surface area contributed by atoms with Gasteiger partial charge in [-0.15, -0.1) is 0 Å². The van der Waals surface area contributed by atoms with Gasteiger partial charge in [-0.25, -0.2) is 33.6 Å². The first kappa shape index (κ1) is 73.7. The van der Waals surface area contributed by atoms with Crippen molar-refractivity contribution in [1.29, 1.82) is 0 Å². The molecule has 1 N–H and O–H groups in total. The van der Waals surface area contributed by atoms with E-state index in [1.807, 2.05) is 0 Å². The molecule has 0 amide bonds. The molecule has 1 aliphatic heterocycles. The number of fused-ring (bicyclic) bond motifs is 1. The van der Waals surface area contributed by atoms with Gasteiger partial charge in [-0.05, 0) is 148 Å². The highest BCUT2D eigenvalue weighted by molar-refractivity contribution is 5.89. The minimum absolute atomic E-state index is 0.0470. The number of hydrogen-bond donors (Lipinski definition) is 1. The van der Waals surface area contributed by atoms with Crippen LogP contribution in [-0.2, 0) is 71.5 Å². The lowest BCUT2D eigenvalue weighted by molar-refractivity contribution is -0.313. The average molecular weight is 1220 g/mol. The number of hydrogen-bond acceptors (Lipinski definition) is 15. The van der Waals surface area contributed by atoms with Gasteiger partial charge < -0.3 is 38.3 Å². The van der Waals surface area contributed by atoms with Crippen LogP contribution in [0.25, 0.3) is 0 Å². The monoisotopic (exact) mass is 1210 g/mol. The predicted octanol–water partition coefficient (Wildman–Crippen LogP) is 12.3. The third kappa shape index (κ3) is 21.3. The van der Waals surface area contributed by atoms with E-state index < -0.39 is 61.7 Å². The maximum Gasteiger partial charge on any atom is 0.434 e. The van der Waals surface area contributed by atoms with E-state index in [1.165, 1.54) is 65.7 Å². The summed E-state index contributed by atoms with van der Waals surface area (Å²) in [5.74, 6) is -1.89. The van der Waals surface area contributed by atoms with Crippen molar-refractivity contribution in [2.45, 2.75) is 187 Å². The Hall–Kier alpha value is -6.43. The first-order valence-corrected chi connectivity index (χ1v) is 27.2. The summed E-state index contributed by atoms with van der Waals surface area (Å²) in [6.07, 6.45) is -7.15. The number of aliphatic carboxylic acids is 1. The van der Waals surface area contributed by atoms with E-state index in [2.05, 4.69) is 74.5 Å². The van der Waals surface area contributed by atoms with Crippen LogP contribution < -0.4 is 0 Å². The maximum absolute atomic E-state index is 12.0. The van der Waals surface area contributed by atoms with Crippen LogP contribution in [0.5, 0.6) is 0 Å². The van der Waals surface area contributed by atoms with Gasteiger partial charge in [0.25, 0.3) is 6.10 Å². The van der Waals surface area contributed by atoms with Crippen molar-refractivity contribution in [1.82, 2.24) is 0 Å². The Labute approximate surface area is 483 Å². The summed E-state index contributed by atoms with van der Waals surface area (Å²) in [6, 6.07) is 0. The van der Waals surface area contributed by atoms with Crippen LogP contribution in [0.2, 0.25) is 0 Å². The van der Waals surface area contributed by atoms with Crippen molar-refractivity contribution in [2.24, 2.45) is 47.3 Å². The molecule has 25 heteroatoms. The van der Waals surface area contributed by atoms with Crippen molar-refractivity contribution in [3.8, 4) is 0 Å². The van der Waals surface area contributed by atoms with Crippen LogP contribution in [0, 0.1) is 47.3 Å². The molecule has 8 fully saturated rings. The fraction of sp³-hybridized carbons (Fsp3) is 0.661. The van der Waals surface area contributed by atoms with Crippen LogP contribution in [0.15, 0.2) is 72.9 Å². The zero-order valence-electron chi connectivity index (χ0n) is 49.0. The predicted molar refractivity (Wildman–Crippen MR) is 284 cm³/mol. The van der Waals surface area contributed by atoms with Gasteiger partial charge in [0.05, 0.1) is 5.92 Å². The molecule has 8 rings (SSSR count). The lowest BCUT2D eigenvalue weighted by Crippen LogP contribution is -2.59. The molecule has 5 unspecified atom stereocenters. The van der Waals surface area contributed by atoms with Crippen molar-refractivity contribution < 1.29 is 116 Å². The lowest BCUT2D eigenvalue weighted by Gasteiger charge is -2.60.